The summed E-state index contributed by atoms with van der Waals surface area (Å²) in [5.41, 5.74) is -0.0231. The van der Waals surface area contributed by atoms with E-state index in [1.54, 1.807) is 4.90 Å². The van der Waals surface area contributed by atoms with E-state index in [9.17, 15) is 14.7 Å². The Labute approximate surface area is 131 Å². The van der Waals surface area contributed by atoms with Crippen LogP contribution in [0.3, 0.4) is 0 Å². The summed E-state index contributed by atoms with van der Waals surface area (Å²) in [5.74, 6) is -0.675. The second kappa shape index (κ2) is 5.33. The lowest BCUT2D eigenvalue weighted by Gasteiger charge is -2.23. The summed E-state index contributed by atoms with van der Waals surface area (Å²) in [6, 6.07) is 7.14. The molecule has 1 aromatic carbocycles. The van der Waals surface area contributed by atoms with Crippen LogP contribution >= 0.6 is 15.9 Å². The number of aliphatic carboxylic acids is 1. The molecular formula is C15H17BrN2O3. The lowest BCUT2D eigenvalue weighted by atomic mass is 9.81. The molecule has 0 unspecified atom stereocenters. The molecule has 1 heterocycles. The molecule has 0 bridgehead atoms. The lowest BCUT2D eigenvalue weighted by Crippen LogP contribution is -2.38. The Morgan fingerprint density at radius 3 is 2.90 bits per heavy atom. The number of likely N-dealkylation sites (tertiary alicyclic amines) is 1. The van der Waals surface area contributed by atoms with Crippen molar-refractivity contribution in [3.63, 3.8) is 0 Å². The quantitative estimate of drug-likeness (QED) is 0.858. The summed E-state index contributed by atoms with van der Waals surface area (Å²) >= 11 is 3.36. The minimum Gasteiger partial charge on any atom is -0.481 e. The number of benzene rings is 1. The van der Waals surface area contributed by atoms with Gasteiger partial charge in [-0.1, -0.05) is 28.4 Å². The van der Waals surface area contributed by atoms with Gasteiger partial charge in [0.05, 0.1) is 5.41 Å². The maximum atomic E-state index is 12.3. The van der Waals surface area contributed by atoms with Gasteiger partial charge >= 0.3 is 12.0 Å². The van der Waals surface area contributed by atoms with Crippen LogP contribution in [-0.2, 0) is 4.79 Å². The van der Waals surface area contributed by atoms with Crippen molar-refractivity contribution in [2.45, 2.75) is 19.3 Å². The SMILES string of the molecule is O=C(Nc1cccc(Br)c1)N1C[C@@H]2CCC[C@@]2(C(=O)O)C1. The number of carbonyl (C=O) groups is 2. The number of nitrogens with one attached hydrogen (secondary N) is 1. The molecule has 5 nitrogen and oxygen atoms in total. The van der Waals surface area contributed by atoms with Crippen LogP contribution in [0.1, 0.15) is 19.3 Å². The molecular weight excluding hydrogens is 336 g/mol. The van der Waals surface area contributed by atoms with Gasteiger partial charge in [0.2, 0.25) is 0 Å². The summed E-state index contributed by atoms with van der Waals surface area (Å²) in [6.07, 6.45) is 2.51. The van der Waals surface area contributed by atoms with Gasteiger partial charge in [-0.15, -0.1) is 0 Å². The third-order valence-corrected chi connectivity index (χ3v) is 5.15. The average Bonchev–Trinajstić information content (AvgIpc) is 2.95. The van der Waals surface area contributed by atoms with Crippen LogP contribution in [0.25, 0.3) is 0 Å². The predicted molar refractivity (Wildman–Crippen MR) is 82.1 cm³/mol. The Kier molecular flexibility index (Phi) is 3.65. The standard InChI is InChI=1S/C15H17BrN2O3/c16-11-4-1-5-12(7-11)17-14(21)18-8-10-3-2-6-15(10,9-18)13(19)20/h1,4-5,7,10H,2-3,6,8-9H2,(H,17,21)(H,19,20)/t10-,15+/m0/s1. The lowest BCUT2D eigenvalue weighted by molar-refractivity contribution is -0.149. The zero-order chi connectivity index (χ0) is 15.0. The first kappa shape index (κ1) is 14.4. The van der Waals surface area contributed by atoms with Gasteiger partial charge in [-0.3, -0.25) is 4.79 Å². The smallest absolute Gasteiger partial charge is 0.321 e. The van der Waals surface area contributed by atoms with E-state index in [2.05, 4.69) is 21.2 Å². The highest BCUT2D eigenvalue weighted by molar-refractivity contribution is 9.10. The van der Waals surface area contributed by atoms with Gasteiger partial charge in [-0.05, 0) is 37.0 Å². The van der Waals surface area contributed by atoms with Crippen molar-refractivity contribution in [3.05, 3.63) is 28.7 Å². The second-order valence-electron chi connectivity index (χ2n) is 5.87. The van der Waals surface area contributed by atoms with Gasteiger partial charge < -0.3 is 15.3 Å². The van der Waals surface area contributed by atoms with Crippen LogP contribution in [0.2, 0.25) is 0 Å². The molecule has 2 N–H and O–H groups in total. The molecule has 1 aliphatic carbocycles. The summed E-state index contributed by atoms with van der Waals surface area (Å²) in [7, 11) is 0. The van der Waals surface area contributed by atoms with Crippen LogP contribution in [0.15, 0.2) is 28.7 Å². The van der Waals surface area contributed by atoms with Gasteiger partial charge in [-0.2, -0.15) is 0 Å². The van der Waals surface area contributed by atoms with Gasteiger partial charge in [0.25, 0.3) is 0 Å². The van der Waals surface area contributed by atoms with Crippen molar-refractivity contribution in [1.82, 2.24) is 4.90 Å². The molecule has 2 atom stereocenters. The van der Waals surface area contributed by atoms with E-state index in [4.69, 9.17) is 0 Å². The number of carboxylic acids is 1. The molecule has 0 aromatic heterocycles. The molecule has 2 aliphatic rings. The highest BCUT2D eigenvalue weighted by Gasteiger charge is 2.55. The van der Waals surface area contributed by atoms with Crippen LogP contribution in [0, 0.1) is 11.3 Å². The zero-order valence-corrected chi connectivity index (χ0v) is 13.1. The number of nitrogens with zero attached hydrogens (tertiary/aromatic N) is 1. The van der Waals surface area contributed by atoms with Crippen LogP contribution in [0.5, 0.6) is 0 Å². The van der Waals surface area contributed by atoms with Crippen molar-refractivity contribution < 1.29 is 14.7 Å². The Hall–Kier alpha value is -1.56. The molecule has 2 amide bonds. The fraction of sp³-hybridized carbons (Fsp3) is 0.467. The van der Waals surface area contributed by atoms with Crippen molar-refractivity contribution in [3.8, 4) is 0 Å². The van der Waals surface area contributed by atoms with Gasteiger partial charge in [0.15, 0.2) is 0 Å². The Bertz CT molecular complexity index is 592. The highest BCUT2D eigenvalue weighted by atomic mass is 79.9. The summed E-state index contributed by atoms with van der Waals surface area (Å²) < 4.78 is 0.889. The number of fused-ring (bicyclic) bond motifs is 1. The Balaban J connectivity index is 1.71. The number of hydrogen-bond acceptors (Lipinski definition) is 2. The van der Waals surface area contributed by atoms with Crippen molar-refractivity contribution >= 4 is 33.6 Å². The molecule has 1 aromatic rings. The molecule has 3 rings (SSSR count). The third-order valence-electron chi connectivity index (χ3n) is 4.66. The van der Waals surface area contributed by atoms with Crippen molar-refractivity contribution in [2.24, 2.45) is 11.3 Å². The van der Waals surface area contributed by atoms with Crippen molar-refractivity contribution in [2.75, 3.05) is 18.4 Å². The molecule has 1 saturated carbocycles. The predicted octanol–water partition coefficient (Wildman–Crippen LogP) is 3.17. The summed E-state index contributed by atoms with van der Waals surface area (Å²) in [5, 5.41) is 12.4. The number of urea groups is 1. The summed E-state index contributed by atoms with van der Waals surface area (Å²) in [4.78, 5) is 25.6. The average molecular weight is 353 g/mol. The van der Waals surface area contributed by atoms with E-state index >= 15 is 0 Å². The molecule has 0 radical (unpaired) electrons. The van der Waals surface area contributed by atoms with E-state index < -0.39 is 11.4 Å². The first-order valence-electron chi connectivity index (χ1n) is 7.06. The topological polar surface area (TPSA) is 69.6 Å². The number of hydrogen-bond donors (Lipinski definition) is 2. The fourth-order valence-corrected chi connectivity index (χ4v) is 3.96. The Morgan fingerprint density at radius 2 is 2.24 bits per heavy atom. The second-order valence-corrected chi connectivity index (χ2v) is 6.79. The summed E-state index contributed by atoms with van der Waals surface area (Å²) in [6.45, 7) is 0.846. The van der Waals surface area contributed by atoms with Crippen molar-refractivity contribution in [1.29, 1.82) is 0 Å². The van der Waals surface area contributed by atoms with Crippen LogP contribution in [0.4, 0.5) is 10.5 Å². The number of carbonyl (C=O) groups excluding carboxylic acids is 1. The molecule has 2 fully saturated rings. The van der Waals surface area contributed by atoms with E-state index in [0.717, 1.165) is 17.3 Å². The molecule has 6 heteroatoms. The first-order chi connectivity index (χ1) is 10.0. The van der Waals surface area contributed by atoms with E-state index in [1.807, 2.05) is 24.3 Å². The first-order valence-corrected chi connectivity index (χ1v) is 7.85. The van der Waals surface area contributed by atoms with E-state index in [0.29, 0.717) is 25.2 Å². The maximum absolute atomic E-state index is 12.3. The van der Waals surface area contributed by atoms with E-state index in [1.165, 1.54) is 0 Å². The van der Waals surface area contributed by atoms with E-state index in [-0.39, 0.29) is 11.9 Å². The normalized spacial score (nSPS) is 27.5. The number of rotatable bonds is 2. The number of halogens is 1. The molecule has 1 aliphatic heterocycles. The minimum absolute atomic E-state index is 0.0864. The maximum Gasteiger partial charge on any atom is 0.321 e. The fourth-order valence-electron chi connectivity index (χ4n) is 3.56. The number of carboxylic acid groups (broad SMARTS) is 1. The minimum atomic E-state index is -0.761. The zero-order valence-electron chi connectivity index (χ0n) is 11.5. The highest BCUT2D eigenvalue weighted by Crippen LogP contribution is 2.48. The third kappa shape index (κ3) is 2.52. The molecule has 0 spiro atoms. The largest absolute Gasteiger partial charge is 0.481 e. The van der Waals surface area contributed by atoms with Gasteiger partial charge in [-0.25, -0.2) is 4.79 Å². The molecule has 1 saturated heterocycles. The monoisotopic (exact) mass is 352 g/mol. The molecule has 112 valence electrons. The molecule has 21 heavy (non-hydrogen) atoms. The van der Waals surface area contributed by atoms with Gasteiger partial charge in [0, 0.05) is 23.2 Å². The van der Waals surface area contributed by atoms with Crippen LogP contribution < -0.4 is 5.32 Å². The number of amides is 2. The van der Waals surface area contributed by atoms with Crippen LogP contribution in [-0.4, -0.2) is 35.1 Å². The Morgan fingerprint density at radius 1 is 1.43 bits per heavy atom. The van der Waals surface area contributed by atoms with Gasteiger partial charge in [0.1, 0.15) is 0 Å². The number of anilines is 1.